The second kappa shape index (κ2) is 14.5. The molecule has 0 bridgehead atoms. The Morgan fingerprint density at radius 1 is 1.07 bits per heavy atom. The van der Waals surface area contributed by atoms with E-state index in [1.165, 1.54) is 36.7 Å². The number of rotatable bonds is 12. The van der Waals surface area contributed by atoms with Gasteiger partial charge in [0.25, 0.3) is 0 Å². The van der Waals surface area contributed by atoms with Gasteiger partial charge in [0, 0.05) is 37.6 Å². The van der Waals surface area contributed by atoms with E-state index in [9.17, 15) is 18.8 Å². The number of hydrogen-bond donors (Lipinski definition) is 5. The summed E-state index contributed by atoms with van der Waals surface area (Å²) in [4.78, 5) is 42.2. The molecule has 4 rings (SSSR count). The molecule has 2 fully saturated rings. The normalized spacial score (nSPS) is 20.5. The molecule has 12 heteroatoms. The van der Waals surface area contributed by atoms with E-state index in [1.807, 2.05) is 19.1 Å². The van der Waals surface area contributed by atoms with Gasteiger partial charge < -0.3 is 36.8 Å². The fourth-order valence-corrected chi connectivity index (χ4v) is 6.49. The summed E-state index contributed by atoms with van der Waals surface area (Å²) in [7, 11) is 0. The molecular formula is C29H40FN7O3S. The Bertz CT molecular complexity index is 1180. The molecule has 0 aromatic heterocycles. The van der Waals surface area contributed by atoms with Gasteiger partial charge in [0.05, 0.1) is 6.04 Å². The van der Waals surface area contributed by atoms with Crippen LogP contribution in [0.1, 0.15) is 38.3 Å². The van der Waals surface area contributed by atoms with Gasteiger partial charge in [-0.1, -0.05) is 12.1 Å². The maximum absolute atomic E-state index is 13.2. The van der Waals surface area contributed by atoms with Gasteiger partial charge in [-0.15, -0.1) is 11.8 Å². The minimum Gasteiger partial charge on any atom is -0.383 e. The Kier molecular flexibility index (Phi) is 10.8. The zero-order valence-electron chi connectivity index (χ0n) is 23.6. The highest BCUT2D eigenvalue weighted by molar-refractivity contribution is 8.01. The number of likely N-dealkylation sites (tertiary alicyclic amines) is 1. The fraction of sp³-hybridized carbons (Fsp3) is 0.483. The third kappa shape index (κ3) is 8.34. The number of nitrogens with zero attached hydrogens (tertiary/aromatic N) is 2. The summed E-state index contributed by atoms with van der Waals surface area (Å²) in [5, 5.41) is 11.0. The molecule has 2 heterocycles. The van der Waals surface area contributed by atoms with E-state index >= 15 is 0 Å². The summed E-state index contributed by atoms with van der Waals surface area (Å²) in [6.07, 6.45) is 2.45. The number of urea groups is 1. The number of carbonyl (C=O) groups is 3. The lowest BCUT2D eigenvalue weighted by atomic mass is 10.1. The SMILES string of the molecule is CCN1C(=O)[C@@H](CNc2ccc(NC(=O)NCCN3CCCC3)cc2)SC1[C@H](N)C(=O)NC(C)c1ccc(F)cc1. The first-order chi connectivity index (χ1) is 19.7. The van der Waals surface area contributed by atoms with Crippen molar-refractivity contribution in [2.75, 3.05) is 49.9 Å². The number of halogens is 1. The highest BCUT2D eigenvalue weighted by atomic mass is 32.2. The number of anilines is 2. The van der Waals surface area contributed by atoms with E-state index in [2.05, 4.69) is 26.2 Å². The second-order valence-electron chi connectivity index (χ2n) is 10.3. The summed E-state index contributed by atoms with van der Waals surface area (Å²) in [6, 6.07) is 11.7. The number of likely N-dealkylation sites (N-methyl/N-ethyl adjacent to an activating group) is 1. The van der Waals surface area contributed by atoms with E-state index in [-0.39, 0.29) is 29.7 Å². The van der Waals surface area contributed by atoms with Crippen molar-refractivity contribution in [3.63, 3.8) is 0 Å². The molecule has 0 radical (unpaired) electrons. The van der Waals surface area contributed by atoms with Crippen molar-refractivity contribution in [3.8, 4) is 0 Å². The lowest BCUT2D eigenvalue weighted by molar-refractivity contribution is -0.131. The van der Waals surface area contributed by atoms with Gasteiger partial charge in [-0.25, -0.2) is 9.18 Å². The van der Waals surface area contributed by atoms with Gasteiger partial charge in [0.15, 0.2) is 0 Å². The van der Waals surface area contributed by atoms with Crippen molar-refractivity contribution in [1.29, 1.82) is 0 Å². The molecule has 0 aliphatic carbocycles. The molecule has 41 heavy (non-hydrogen) atoms. The molecule has 2 aromatic rings. The quantitative estimate of drug-likeness (QED) is 0.259. The van der Waals surface area contributed by atoms with Crippen molar-refractivity contribution in [2.45, 2.75) is 49.4 Å². The van der Waals surface area contributed by atoms with Gasteiger partial charge in [-0.3, -0.25) is 9.59 Å². The molecule has 222 valence electrons. The van der Waals surface area contributed by atoms with Gasteiger partial charge >= 0.3 is 6.03 Å². The van der Waals surface area contributed by atoms with Crippen LogP contribution in [0.5, 0.6) is 0 Å². The zero-order chi connectivity index (χ0) is 29.4. The smallest absolute Gasteiger partial charge is 0.319 e. The Morgan fingerprint density at radius 2 is 1.73 bits per heavy atom. The summed E-state index contributed by atoms with van der Waals surface area (Å²) >= 11 is 1.37. The standard InChI is InChI=1S/C29H40FN7O3S/c1-3-37-27(39)24(41-28(37)25(31)26(38)34-19(2)20-6-8-21(30)9-7-20)18-33-22-10-12-23(13-11-22)35-29(40)32-14-17-36-15-4-5-16-36/h6-13,19,24-25,28,33H,3-5,14-18,31H2,1-2H3,(H,34,38)(H2,32,35,40)/t19?,24-,25-,28?/m1/s1. The van der Waals surface area contributed by atoms with Crippen LogP contribution in [0.2, 0.25) is 0 Å². The van der Waals surface area contributed by atoms with E-state index in [0.717, 1.165) is 30.9 Å². The predicted octanol–water partition coefficient (Wildman–Crippen LogP) is 2.95. The van der Waals surface area contributed by atoms with E-state index < -0.39 is 16.7 Å². The largest absolute Gasteiger partial charge is 0.383 e. The van der Waals surface area contributed by atoms with Gasteiger partial charge in [0.2, 0.25) is 11.8 Å². The van der Waals surface area contributed by atoms with Crippen molar-refractivity contribution in [2.24, 2.45) is 5.73 Å². The molecule has 2 saturated heterocycles. The van der Waals surface area contributed by atoms with Crippen molar-refractivity contribution in [1.82, 2.24) is 20.4 Å². The molecule has 10 nitrogen and oxygen atoms in total. The molecule has 2 aromatic carbocycles. The van der Waals surface area contributed by atoms with Crippen LogP contribution in [0.3, 0.4) is 0 Å². The fourth-order valence-electron chi connectivity index (χ4n) is 5.02. The van der Waals surface area contributed by atoms with Crippen LogP contribution < -0.4 is 27.0 Å². The van der Waals surface area contributed by atoms with Crippen molar-refractivity contribution in [3.05, 3.63) is 59.9 Å². The van der Waals surface area contributed by atoms with Crippen molar-refractivity contribution >= 4 is 41.0 Å². The molecule has 0 spiro atoms. The Morgan fingerprint density at radius 3 is 2.39 bits per heavy atom. The highest BCUT2D eigenvalue weighted by Gasteiger charge is 2.44. The average molecular weight is 586 g/mol. The Hall–Kier alpha value is -3.35. The molecule has 2 unspecified atom stereocenters. The summed E-state index contributed by atoms with van der Waals surface area (Å²) in [5.74, 6) is -0.794. The third-order valence-electron chi connectivity index (χ3n) is 7.40. The van der Waals surface area contributed by atoms with Crippen LogP contribution in [-0.4, -0.2) is 83.6 Å². The minimum absolute atomic E-state index is 0.0753. The van der Waals surface area contributed by atoms with Crippen LogP contribution >= 0.6 is 11.8 Å². The first-order valence-electron chi connectivity index (χ1n) is 14.1. The number of nitrogens with two attached hydrogens (primary N) is 1. The maximum Gasteiger partial charge on any atom is 0.319 e. The van der Waals surface area contributed by atoms with E-state index in [4.69, 9.17) is 5.73 Å². The number of nitrogens with one attached hydrogen (secondary N) is 4. The van der Waals surface area contributed by atoms with Gasteiger partial charge in [0.1, 0.15) is 22.5 Å². The predicted molar refractivity (Wildman–Crippen MR) is 161 cm³/mol. The third-order valence-corrected chi connectivity index (χ3v) is 8.92. The van der Waals surface area contributed by atoms with Crippen LogP contribution in [0.25, 0.3) is 0 Å². The van der Waals surface area contributed by atoms with Crippen LogP contribution in [-0.2, 0) is 9.59 Å². The first kappa shape index (κ1) is 30.6. The number of carbonyl (C=O) groups excluding carboxylic acids is 3. The van der Waals surface area contributed by atoms with Crippen LogP contribution in [0.15, 0.2) is 48.5 Å². The van der Waals surface area contributed by atoms with Crippen LogP contribution in [0.4, 0.5) is 20.6 Å². The van der Waals surface area contributed by atoms with Crippen LogP contribution in [0, 0.1) is 5.82 Å². The number of hydrogen-bond acceptors (Lipinski definition) is 7. The molecular weight excluding hydrogens is 545 g/mol. The molecule has 2 aliphatic heterocycles. The zero-order valence-corrected chi connectivity index (χ0v) is 24.4. The summed E-state index contributed by atoms with van der Waals surface area (Å²) in [5.41, 5.74) is 8.58. The minimum atomic E-state index is -0.927. The topological polar surface area (TPSA) is 132 Å². The molecule has 2 aliphatic rings. The molecule has 6 N–H and O–H groups in total. The number of benzene rings is 2. The lowest BCUT2D eigenvalue weighted by Crippen LogP contribution is -2.53. The average Bonchev–Trinajstić information content (AvgIpc) is 3.60. The molecule has 4 amide bonds. The molecule has 4 atom stereocenters. The number of thioether (sulfide) groups is 1. The molecule has 0 saturated carbocycles. The lowest BCUT2D eigenvalue weighted by Gasteiger charge is -2.27. The first-order valence-corrected chi connectivity index (χ1v) is 15.1. The van der Waals surface area contributed by atoms with Gasteiger partial charge in [-0.2, -0.15) is 0 Å². The van der Waals surface area contributed by atoms with E-state index in [0.29, 0.717) is 25.3 Å². The Balaban J connectivity index is 1.24. The highest BCUT2D eigenvalue weighted by Crippen LogP contribution is 2.33. The van der Waals surface area contributed by atoms with Gasteiger partial charge in [-0.05, 0) is 81.7 Å². The van der Waals surface area contributed by atoms with E-state index in [1.54, 1.807) is 36.1 Å². The maximum atomic E-state index is 13.2. The summed E-state index contributed by atoms with van der Waals surface area (Å²) in [6.45, 7) is 8.12. The van der Waals surface area contributed by atoms with Crippen molar-refractivity contribution < 1.29 is 18.8 Å². The Labute approximate surface area is 245 Å². The monoisotopic (exact) mass is 585 g/mol. The number of amides is 4. The second-order valence-corrected chi connectivity index (χ2v) is 11.7. The summed E-state index contributed by atoms with van der Waals surface area (Å²) < 4.78 is 13.2.